The van der Waals surface area contributed by atoms with Crippen LogP contribution < -0.4 is 9.47 Å². The number of rotatable bonds is 9. The van der Waals surface area contributed by atoms with Gasteiger partial charge in [-0.15, -0.1) is 0 Å². The fraction of sp³-hybridized carbons (Fsp3) is 0.229. The quantitative estimate of drug-likeness (QED) is 0.205. The van der Waals surface area contributed by atoms with Gasteiger partial charge in [0, 0.05) is 41.9 Å². The molecule has 1 saturated carbocycles. The van der Waals surface area contributed by atoms with Gasteiger partial charge in [0.2, 0.25) is 0 Å². The zero-order valence-corrected chi connectivity index (χ0v) is 24.6. The third kappa shape index (κ3) is 5.00. The van der Waals surface area contributed by atoms with E-state index in [2.05, 4.69) is 26.7 Å². The normalized spacial score (nSPS) is 17.1. The molecule has 1 aliphatic carbocycles. The molecular formula is C35H31N5O4. The summed E-state index contributed by atoms with van der Waals surface area (Å²) in [6.07, 6.45) is 3.48. The standard InChI is InChI=1S/C35H31N5O4/c1-35(2)30(31(35)33(41)42)32-39-28-16-26(44-20-25-12-11-22-8-4-5-10-27(22)38-25)13-14-29(28)40(32)19-21-7-6-9-23(15-21)24-17-36-34(43-3)37-18-24/h4-18,30-31H,19-20H2,1-3H3,(H,41,42)/t30-,31+/m1/s1. The molecule has 6 aromatic rings. The number of carboxylic acid groups (broad SMARTS) is 1. The molecule has 0 spiro atoms. The zero-order chi connectivity index (χ0) is 30.4. The Balaban J connectivity index is 1.21. The molecule has 1 N–H and O–H groups in total. The first-order chi connectivity index (χ1) is 21.3. The molecule has 3 aromatic heterocycles. The van der Waals surface area contributed by atoms with Crippen LogP contribution in [-0.4, -0.2) is 42.7 Å². The van der Waals surface area contributed by atoms with Gasteiger partial charge in [-0.1, -0.05) is 56.3 Å². The highest BCUT2D eigenvalue weighted by molar-refractivity contribution is 5.81. The minimum absolute atomic E-state index is 0.211. The van der Waals surface area contributed by atoms with Gasteiger partial charge in [-0.3, -0.25) is 4.79 Å². The van der Waals surface area contributed by atoms with Gasteiger partial charge in [0.1, 0.15) is 18.2 Å². The van der Waals surface area contributed by atoms with Gasteiger partial charge in [0.05, 0.1) is 35.3 Å². The van der Waals surface area contributed by atoms with Crippen LogP contribution in [0.15, 0.2) is 91.3 Å². The molecule has 0 amide bonds. The van der Waals surface area contributed by atoms with Crippen LogP contribution in [0.3, 0.4) is 0 Å². The highest BCUT2D eigenvalue weighted by atomic mass is 16.5. The third-order valence-corrected chi connectivity index (χ3v) is 8.58. The first kappa shape index (κ1) is 27.5. The fourth-order valence-corrected chi connectivity index (χ4v) is 6.15. The van der Waals surface area contributed by atoms with Crippen LogP contribution in [0, 0.1) is 11.3 Å². The number of benzene rings is 3. The molecule has 220 valence electrons. The van der Waals surface area contributed by atoms with Crippen LogP contribution in [0.25, 0.3) is 33.1 Å². The molecule has 1 fully saturated rings. The van der Waals surface area contributed by atoms with Gasteiger partial charge < -0.3 is 19.1 Å². The number of carboxylic acids is 1. The van der Waals surface area contributed by atoms with Gasteiger partial charge in [0.25, 0.3) is 0 Å². The van der Waals surface area contributed by atoms with E-state index in [1.54, 1.807) is 12.4 Å². The Kier molecular flexibility index (Phi) is 6.73. The largest absolute Gasteiger partial charge is 0.487 e. The Morgan fingerprint density at radius 3 is 2.50 bits per heavy atom. The summed E-state index contributed by atoms with van der Waals surface area (Å²) in [5.74, 6) is -0.0711. The van der Waals surface area contributed by atoms with E-state index in [9.17, 15) is 9.90 Å². The Bertz CT molecular complexity index is 2020. The molecule has 0 unspecified atom stereocenters. The van der Waals surface area contributed by atoms with Crippen LogP contribution >= 0.6 is 0 Å². The average molecular weight is 586 g/mol. The first-order valence-electron chi connectivity index (χ1n) is 14.5. The number of methoxy groups -OCH3 is 1. The maximum Gasteiger partial charge on any atom is 0.316 e. The average Bonchev–Trinajstić information content (AvgIpc) is 3.46. The van der Waals surface area contributed by atoms with Gasteiger partial charge in [-0.2, -0.15) is 0 Å². The summed E-state index contributed by atoms with van der Waals surface area (Å²) in [5, 5.41) is 11.1. The number of imidazole rings is 1. The lowest BCUT2D eigenvalue weighted by atomic mass is 10.1. The van der Waals surface area contributed by atoms with Crippen molar-refractivity contribution in [1.29, 1.82) is 0 Å². The molecule has 7 rings (SSSR count). The van der Waals surface area contributed by atoms with Gasteiger partial charge in [-0.05, 0) is 46.9 Å². The minimum atomic E-state index is -0.799. The Hall–Kier alpha value is -5.31. The summed E-state index contributed by atoms with van der Waals surface area (Å²) in [6.45, 7) is 4.84. The number of fused-ring (bicyclic) bond motifs is 2. The Morgan fingerprint density at radius 1 is 0.909 bits per heavy atom. The number of hydrogen-bond acceptors (Lipinski definition) is 7. The van der Waals surface area contributed by atoms with Crippen molar-refractivity contribution >= 4 is 27.9 Å². The number of hydrogen-bond donors (Lipinski definition) is 1. The lowest BCUT2D eigenvalue weighted by Gasteiger charge is -2.12. The van der Waals surface area contributed by atoms with E-state index in [0.717, 1.165) is 50.1 Å². The monoisotopic (exact) mass is 585 g/mol. The minimum Gasteiger partial charge on any atom is -0.487 e. The van der Waals surface area contributed by atoms with E-state index in [1.165, 1.54) is 7.11 Å². The highest BCUT2D eigenvalue weighted by Gasteiger charge is 2.64. The van der Waals surface area contributed by atoms with Crippen LogP contribution in [-0.2, 0) is 17.9 Å². The Morgan fingerprint density at radius 2 is 1.73 bits per heavy atom. The van der Waals surface area contributed by atoms with Crippen LogP contribution in [0.2, 0.25) is 0 Å². The number of para-hydroxylation sites is 1. The van der Waals surface area contributed by atoms with Gasteiger partial charge in [0.15, 0.2) is 0 Å². The highest BCUT2D eigenvalue weighted by Crippen LogP contribution is 2.64. The summed E-state index contributed by atoms with van der Waals surface area (Å²) >= 11 is 0. The summed E-state index contributed by atoms with van der Waals surface area (Å²) < 4.78 is 13.4. The second-order valence-electron chi connectivity index (χ2n) is 11.8. The second-order valence-corrected chi connectivity index (χ2v) is 11.8. The number of nitrogens with zero attached hydrogens (tertiary/aromatic N) is 5. The number of ether oxygens (including phenoxy) is 2. The number of aliphatic carboxylic acids is 1. The predicted molar refractivity (Wildman–Crippen MR) is 167 cm³/mol. The van der Waals surface area contributed by atoms with E-state index in [1.807, 2.05) is 80.6 Å². The van der Waals surface area contributed by atoms with E-state index in [-0.39, 0.29) is 5.92 Å². The van der Waals surface area contributed by atoms with Crippen LogP contribution in [0.1, 0.15) is 36.8 Å². The SMILES string of the molecule is COc1ncc(-c2cccc(Cn3c([C@H]4[C@@H](C(=O)O)C4(C)C)nc4cc(OCc5ccc6ccccc6n5)ccc43)c2)cn1. The number of pyridine rings is 1. The van der Waals surface area contributed by atoms with E-state index in [0.29, 0.717) is 24.9 Å². The molecule has 0 saturated heterocycles. The third-order valence-electron chi connectivity index (χ3n) is 8.58. The fourth-order valence-electron chi connectivity index (χ4n) is 6.15. The maximum atomic E-state index is 12.2. The summed E-state index contributed by atoms with van der Waals surface area (Å²) in [7, 11) is 1.54. The molecule has 3 aromatic carbocycles. The molecule has 2 atom stereocenters. The van der Waals surface area contributed by atoms with Gasteiger partial charge >= 0.3 is 12.0 Å². The molecular weight excluding hydrogens is 554 g/mol. The number of aromatic nitrogens is 5. The predicted octanol–water partition coefficient (Wildman–Crippen LogP) is 6.50. The van der Waals surface area contributed by atoms with E-state index < -0.39 is 17.3 Å². The molecule has 0 bridgehead atoms. The van der Waals surface area contributed by atoms with Crippen molar-refractivity contribution in [2.24, 2.45) is 11.3 Å². The molecule has 44 heavy (non-hydrogen) atoms. The molecule has 0 aliphatic heterocycles. The van der Waals surface area contributed by atoms with Crippen LogP contribution in [0.5, 0.6) is 11.8 Å². The van der Waals surface area contributed by atoms with Crippen molar-refractivity contribution in [2.45, 2.75) is 32.9 Å². The smallest absolute Gasteiger partial charge is 0.316 e. The molecule has 9 heteroatoms. The van der Waals surface area contributed by atoms with Crippen LogP contribution in [0.4, 0.5) is 0 Å². The van der Waals surface area contributed by atoms with Crippen molar-refractivity contribution in [3.8, 4) is 22.9 Å². The summed E-state index contributed by atoms with van der Waals surface area (Å²) in [5.41, 5.74) is 5.93. The van der Waals surface area contributed by atoms with E-state index in [4.69, 9.17) is 19.4 Å². The summed E-state index contributed by atoms with van der Waals surface area (Å²) in [4.78, 5) is 30.4. The lowest BCUT2D eigenvalue weighted by molar-refractivity contribution is -0.139. The van der Waals surface area contributed by atoms with E-state index >= 15 is 0 Å². The van der Waals surface area contributed by atoms with Gasteiger partial charge in [-0.25, -0.2) is 19.9 Å². The number of carbonyl (C=O) groups is 1. The molecule has 0 radical (unpaired) electrons. The Labute approximate surface area is 254 Å². The maximum absolute atomic E-state index is 12.2. The zero-order valence-electron chi connectivity index (χ0n) is 24.6. The second kappa shape index (κ2) is 10.8. The topological polar surface area (TPSA) is 112 Å². The molecule has 1 aliphatic rings. The first-order valence-corrected chi connectivity index (χ1v) is 14.5. The molecule has 9 nitrogen and oxygen atoms in total. The lowest BCUT2D eigenvalue weighted by Crippen LogP contribution is -2.07. The van der Waals surface area contributed by atoms with Crippen molar-refractivity contribution in [3.63, 3.8) is 0 Å². The van der Waals surface area contributed by atoms with Crippen molar-refractivity contribution in [1.82, 2.24) is 24.5 Å². The van der Waals surface area contributed by atoms with Crippen molar-refractivity contribution < 1.29 is 19.4 Å². The molecule has 3 heterocycles. The van der Waals surface area contributed by atoms with Crippen molar-refractivity contribution in [2.75, 3.05) is 7.11 Å². The summed E-state index contributed by atoms with van der Waals surface area (Å²) in [6, 6.07) is 26.4. The van der Waals surface area contributed by atoms with Crippen molar-refractivity contribution in [3.05, 3.63) is 108 Å².